The van der Waals surface area contributed by atoms with Crippen LogP contribution >= 0.6 is 0 Å². The Balaban J connectivity index is 1.56. The molecule has 7 atom stereocenters. The fraction of sp³-hybridized carbons (Fsp3) is 0.792. The fourth-order valence-electron chi connectivity index (χ4n) is 7.49. The lowest BCUT2D eigenvalue weighted by Gasteiger charge is -2.61. The van der Waals surface area contributed by atoms with Crippen LogP contribution in [0.2, 0.25) is 0 Å². The molecule has 0 aromatic heterocycles. The standard InChI is InChI=1S/C24H37NO/c1-16-14-18-15-17(6-4-5-13-25)9-11-23(18,2)20-10-12-24(3)19(22(16)20)7-8-21(24)26/h4,6,17-20,22H,1,5,7-15,25H2,2-3H3/t17-,18?,19+,20+,22+,23+,24+/m1/s1. The third-order valence-corrected chi connectivity index (χ3v) is 9.12. The molecular formula is C24H37NO. The summed E-state index contributed by atoms with van der Waals surface area (Å²) in [7, 11) is 0. The number of hydrogen-bond acceptors (Lipinski definition) is 2. The smallest absolute Gasteiger partial charge is 0.139 e. The van der Waals surface area contributed by atoms with E-state index in [1.807, 2.05) is 0 Å². The van der Waals surface area contributed by atoms with E-state index in [0.29, 0.717) is 23.0 Å². The van der Waals surface area contributed by atoms with E-state index >= 15 is 0 Å². The Labute approximate surface area is 159 Å². The molecule has 0 aliphatic heterocycles. The summed E-state index contributed by atoms with van der Waals surface area (Å²) in [6.07, 6.45) is 15.2. The largest absolute Gasteiger partial charge is 0.330 e. The highest BCUT2D eigenvalue weighted by Crippen LogP contribution is 2.66. The zero-order valence-corrected chi connectivity index (χ0v) is 16.8. The summed E-state index contributed by atoms with van der Waals surface area (Å²) in [6, 6.07) is 0. The second-order valence-electron chi connectivity index (χ2n) is 10.3. The molecule has 0 saturated heterocycles. The molecule has 1 unspecified atom stereocenters. The van der Waals surface area contributed by atoms with Gasteiger partial charge in [0.05, 0.1) is 0 Å². The van der Waals surface area contributed by atoms with Crippen molar-refractivity contribution in [3.63, 3.8) is 0 Å². The molecule has 0 amide bonds. The van der Waals surface area contributed by atoms with E-state index in [2.05, 4.69) is 32.6 Å². The van der Waals surface area contributed by atoms with Gasteiger partial charge in [-0.1, -0.05) is 38.2 Å². The SMILES string of the molecule is C=C1CC2C[C@H](C=CCCN)CC[C@]2(C)[C@H]2CC[C@]3(C)C(=O)CC[C@H]3[C@H]12. The lowest BCUT2D eigenvalue weighted by molar-refractivity contribution is -0.134. The van der Waals surface area contributed by atoms with Gasteiger partial charge in [0.15, 0.2) is 0 Å². The first-order valence-electron chi connectivity index (χ1n) is 11.0. The lowest BCUT2D eigenvalue weighted by Crippen LogP contribution is -2.54. The molecular weight excluding hydrogens is 318 g/mol. The molecule has 0 bridgehead atoms. The molecule has 0 spiro atoms. The molecule has 2 nitrogen and oxygen atoms in total. The van der Waals surface area contributed by atoms with Gasteiger partial charge in [-0.3, -0.25) is 4.79 Å². The number of fused-ring (bicyclic) bond motifs is 5. The predicted octanol–water partition coefficient (Wildman–Crippen LogP) is 5.29. The molecule has 0 aromatic carbocycles. The van der Waals surface area contributed by atoms with Crippen LogP contribution in [-0.2, 0) is 4.79 Å². The number of Topliss-reactive ketones (excluding diaryl/α,β-unsaturated/α-hetero) is 1. The molecule has 4 fully saturated rings. The number of carbonyl (C=O) groups excluding carboxylic acids is 1. The van der Waals surface area contributed by atoms with Gasteiger partial charge in [0, 0.05) is 11.8 Å². The number of ketones is 1. The van der Waals surface area contributed by atoms with E-state index in [1.54, 1.807) is 0 Å². The Morgan fingerprint density at radius 1 is 1.19 bits per heavy atom. The number of hydrogen-bond donors (Lipinski definition) is 1. The van der Waals surface area contributed by atoms with E-state index < -0.39 is 0 Å². The van der Waals surface area contributed by atoms with Crippen molar-refractivity contribution in [1.29, 1.82) is 0 Å². The Morgan fingerprint density at radius 2 is 2.00 bits per heavy atom. The normalized spacial score (nSPS) is 48.3. The van der Waals surface area contributed by atoms with Gasteiger partial charge in [-0.05, 0) is 92.9 Å². The quantitative estimate of drug-likeness (QED) is 0.699. The minimum atomic E-state index is -0.0462. The number of rotatable bonds is 3. The van der Waals surface area contributed by atoms with E-state index in [4.69, 9.17) is 5.73 Å². The van der Waals surface area contributed by atoms with Gasteiger partial charge in [0.2, 0.25) is 0 Å². The molecule has 0 heterocycles. The Morgan fingerprint density at radius 3 is 2.77 bits per heavy atom. The van der Waals surface area contributed by atoms with Gasteiger partial charge in [-0.2, -0.15) is 0 Å². The van der Waals surface area contributed by atoms with Gasteiger partial charge in [0.25, 0.3) is 0 Å². The molecule has 4 rings (SSSR count). The van der Waals surface area contributed by atoms with Crippen molar-refractivity contribution in [1.82, 2.24) is 0 Å². The van der Waals surface area contributed by atoms with Crippen molar-refractivity contribution < 1.29 is 4.79 Å². The van der Waals surface area contributed by atoms with Crippen LogP contribution in [-0.4, -0.2) is 12.3 Å². The average Bonchev–Trinajstić information content (AvgIpc) is 2.92. The molecule has 4 aliphatic carbocycles. The topological polar surface area (TPSA) is 43.1 Å². The van der Waals surface area contributed by atoms with E-state index in [9.17, 15) is 4.79 Å². The van der Waals surface area contributed by atoms with E-state index in [1.165, 1.54) is 37.7 Å². The number of carbonyl (C=O) groups is 1. The first-order valence-corrected chi connectivity index (χ1v) is 11.0. The summed E-state index contributed by atoms with van der Waals surface area (Å²) in [5.41, 5.74) is 7.53. The molecule has 2 N–H and O–H groups in total. The summed E-state index contributed by atoms with van der Waals surface area (Å²) in [5.74, 6) is 3.97. The summed E-state index contributed by atoms with van der Waals surface area (Å²) >= 11 is 0. The van der Waals surface area contributed by atoms with Crippen molar-refractivity contribution >= 4 is 5.78 Å². The third kappa shape index (κ3) is 2.66. The van der Waals surface area contributed by atoms with Crippen molar-refractivity contribution in [2.24, 2.45) is 46.2 Å². The van der Waals surface area contributed by atoms with E-state index in [0.717, 1.165) is 50.0 Å². The van der Waals surface area contributed by atoms with Gasteiger partial charge in [0.1, 0.15) is 5.78 Å². The van der Waals surface area contributed by atoms with Crippen LogP contribution in [0.3, 0.4) is 0 Å². The second kappa shape index (κ2) is 6.62. The second-order valence-corrected chi connectivity index (χ2v) is 10.3. The van der Waals surface area contributed by atoms with Crippen LogP contribution in [0, 0.1) is 40.4 Å². The molecule has 0 radical (unpaired) electrons. The van der Waals surface area contributed by atoms with Crippen molar-refractivity contribution in [3.8, 4) is 0 Å². The number of allylic oxidation sites excluding steroid dienone is 2. The Kier molecular flexibility index (Phi) is 4.70. The summed E-state index contributed by atoms with van der Waals surface area (Å²) < 4.78 is 0. The lowest BCUT2D eigenvalue weighted by atomic mass is 9.44. The molecule has 0 aromatic rings. The first-order chi connectivity index (χ1) is 12.4. The van der Waals surface area contributed by atoms with Crippen molar-refractivity contribution in [3.05, 3.63) is 24.3 Å². The molecule has 2 heteroatoms. The van der Waals surface area contributed by atoms with Gasteiger partial charge in [-0.15, -0.1) is 0 Å². The summed E-state index contributed by atoms with van der Waals surface area (Å²) in [5, 5.41) is 0. The predicted molar refractivity (Wildman–Crippen MR) is 108 cm³/mol. The molecule has 4 aliphatic rings. The minimum absolute atomic E-state index is 0.0462. The highest BCUT2D eigenvalue weighted by molar-refractivity contribution is 5.87. The molecule has 26 heavy (non-hydrogen) atoms. The highest BCUT2D eigenvalue weighted by atomic mass is 16.1. The first kappa shape index (κ1) is 18.5. The Bertz CT molecular complexity index is 622. The van der Waals surface area contributed by atoms with Crippen LogP contribution in [0.5, 0.6) is 0 Å². The minimum Gasteiger partial charge on any atom is -0.330 e. The molecule has 4 saturated carbocycles. The molecule has 144 valence electrons. The van der Waals surface area contributed by atoms with Gasteiger partial charge in [-0.25, -0.2) is 0 Å². The Hall–Kier alpha value is -0.890. The van der Waals surface area contributed by atoms with Crippen LogP contribution < -0.4 is 5.73 Å². The van der Waals surface area contributed by atoms with Crippen LogP contribution in [0.4, 0.5) is 0 Å². The summed E-state index contributed by atoms with van der Waals surface area (Å²) in [4.78, 5) is 12.6. The zero-order valence-electron chi connectivity index (χ0n) is 16.8. The highest BCUT2D eigenvalue weighted by Gasteiger charge is 2.61. The van der Waals surface area contributed by atoms with Gasteiger partial charge < -0.3 is 5.73 Å². The van der Waals surface area contributed by atoms with E-state index in [-0.39, 0.29) is 5.41 Å². The maximum atomic E-state index is 12.6. The zero-order chi connectivity index (χ0) is 18.5. The van der Waals surface area contributed by atoms with Crippen molar-refractivity contribution in [2.45, 2.75) is 71.6 Å². The van der Waals surface area contributed by atoms with Crippen molar-refractivity contribution in [2.75, 3.05) is 6.54 Å². The number of nitrogens with two attached hydrogens (primary N) is 1. The monoisotopic (exact) mass is 355 g/mol. The van der Waals surface area contributed by atoms with Crippen LogP contribution in [0.25, 0.3) is 0 Å². The van der Waals surface area contributed by atoms with Crippen LogP contribution in [0.1, 0.15) is 71.6 Å². The van der Waals surface area contributed by atoms with Gasteiger partial charge >= 0.3 is 0 Å². The maximum Gasteiger partial charge on any atom is 0.139 e. The maximum absolute atomic E-state index is 12.6. The fourth-order valence-corrected chi connectivity index (χ4v) is 7.49. The third-order valence-electron chi connectivity index (χ3n) is 9.12. The average molecular weight is 356 g/mol. The van der Waals surface area contributed by atoms with Crippen LogP contribution in [0.15, 0.2) is 24.3 Å². The summed E-state index contributed by atoms with van der Waals surface area (Å²) in [6.45, 7) is 10.2.